The van der Waals surface area contributed by atoms with Crippen LogP contribution in [0.2, 0.25) is 0 Å². The molecule has 1 atom stereocenters. The van der Waals surface area contributed by atoms with Crippen LogP contribution in [0.1, 0.15) is 25.8 Å². The molecule has 1 N–H and O–H groups in total. The van der Waals surface area contributed by atoms with Crippen molar-refractivity contribution in [1.82, 2.24) is 4.90 Å². The molecule has 2 rings (SSSR count). The summed E-state index contributed by atoms with van der Waals surface area (Å²) in [4.78, 5) is 14.3. The van der Waals surface area contributed by atoms with Crippen LogP contribution in [0, 0.1) is 5.92 Å². The summed E-state index contributed by atoms with van der Waals surface area (Å²) in [6.07, 6.45) is 0.825. The van der Waals surface area contributed by atoms with Crippen molar-refractivity contribution in [2.75, 3.05) is 31.6 Å². The molecule has 20 heavy (non-hydrogen) atoms. The number of rotatable bonds is 6. The van der Waals surface area contributed by atoms with Crippen LogP contribution in [0.3, 0.4) is 0 Å². The molecule has 1 heterocycles. The molecule has 110 valence electrons. The molecule has 1 aromatic carbocycles. The van der Waals surface area contributed by atoms with E-state index < -0.39 is 0 Å². The third-order valence-corrected chi connectivity index (χ3v) is 3.82. The number of nitrogens with zero attached hydrogens (tertiary/aromatic N) is 1. The molecular formula is C16H24N2O2. The third-order valence-electron chi connectivity index (χ3n) is 3.82. The number of ether oxygens (including phenoxy) is 1. The van der Waals surface area contributed by atoms with Gasteiger partial charge >= 0.3 is 0 Å². The van der Waals surface area contributed by atoms with Crippen molar-refractivity contribution in [3.63, 3.8) is 0 Å². The Morgan fingerprint density at radius 1 is 1.30 bits per heavy atom. The Labute approximate surface area is 121 Å². The fourth-order valence-electron chi connectivity index (χ4n) is 2.38. The van der Waals surface area contributed by atoms with E-state index >= 15 is 0 Å². The molecule has 1 saturated heterocycles. The summed E-state index contributed by atoms with van der Waals surface area (Å²) in [7, 11) is 0. The topological polar surface area (TPSA) is 41.6 Å². The highest BCUT2D eigenvalue weighted by atomic mass is 16.5. The van der Waals surface area contributed by atoms with Gasteiger partial charge in [0.1, 0.15) is 0 Å². The first-order valence-corrected chi connectivity index (χ1v) is 7.42. The highest BCUT2D eigenvalue weighted by Gasteiger charge is 2.23. The number of carbonyl (C=O) groups excluding carboxylic acids is 1. The van der Waals surface area contributed by atoms with Gasteiger partial charge < -0.3 is 10.1 Å². The molecule has 1 aliphatic rings. The zero-order chi connectivity index (χ0) is 14.4. The molecule has 0 saturated carbocycles. The van der Waals surface area contributed by atoms with E-state index in [2.05, 4.69) is 36.2 Å². The van der Waals surface area contributed by atoms with Crippen molar-refractivity contribution in [2.45, 2.75) is 26.8 Å². The molecule has 1 fully saturated rings. The van der Waals surface area contributed by atoms with E-state index in [1.54, 1.807) is 0 Å². The number of amides is 1. The first kappa shape index (κ1) is 15.0. The first-order chi connectivity index (χ1) is 9.72. The lowest BCUT2D eigenvalue weighted by Crippen LogP contribution is -2.23. The van der Waals surface area contributed by atoms with Crippen molar-refractivity contribution in [3.05, 3.63) is 29.8 Å². The molecule has 0 spiro atoms. The molecule has 1 amide bonds. The van der Waals surface area contributed by atoms with Gasteiger partial charge in [-0.3, -0.25) is 9.69 Å². The Hall–Kier alpha value is -1.39. The zero-order valence-electron chi connectivity index (χ0n) is 12.4. The quantitative estimate of drug-likeness (QED) is 0.868. The minimum absolute atomic E-state index is 0.00495. The van der Waals surface area contributed by atoms with Crippen LogP contribution >= 0.6 is 0 Å². The third kappa shape index (κ3) is 4.05. The van der Waals surface area contributed by atoms with Crippen LogP contribution in [-0.4, -0.2) is 37.1 Å². The molecule has 4 heteroatoms. The highest BCUT2D eigenvalue weighted by molar-refractivity contribution is 5.92. The van der Waals surface area contributed by atoms with Crippen LogP contribution in [0.15, 0.2) is 24.3 Å². The maximum absolute atomic E-state index is 12.0. The SMILES string of the molecule is CCN(CC)Cc1ccc(NC(=O)[C@H]2CCOC2)cc1. The molecular weight excluding hydrogens is 252 g/mol. The van der Waals surface area contributed by atoms with E-state index in [-0.39, 0.29) is 11.8 Å². The molecule has 4 nitrogen and oxygen atoms in total. The maximum atomic E-state index is 12.0. The lowest BCUT2D eigenvalue weighted by molar-refractivity contribution is -0.119. The standard InChI is InChI=1S/C16H24N2O2/c1-3-18(4-2)11-13-5-7-15(8-6-13)17-16(19)14-9-10-20-12-14/h5-8,14H,3-4,9-12H2,1-2H3,(H,17,19)/t14-/m0/s1. The number of hydrogen-bond donors (Lipinski definition) is 1. The summed E-state index contributed by atoms with van der Waals surface area (Å²) in [5.41, 5.74) is 2.14. The van der Waals surface area contributed by atoms with E-state index in [9.17, 15) is 4.79 Å². The smallest absolute Gasteiger partial charge is 0.229 e. The second-order valence-electron chi connectivity index (χ2n) is 5.21. The van der Waals surface area contributed by atoms with Gasteiger partial charge in [0.2, 0.25) is 5.91 Å². The van der Waals surface area contributed by atoms with Crippen LogP contribution in [0.4, 0.5) is 5.69 Å². The van der Waals surface area contributed by atoms with Gasteiger partial charge in [-0.05, 0) is 37.2 Å². The van der Waals surface area contributed by atoms with Gasteiger partial charge in [0, 0.05) is 18.8 Å². The Morgan fingerprint density at radius 3 is 2.55 bits per heavy atom. The number of anilines is 1. The Balaban J connectivity index is 1.89. The summed E-state index contributed by atoms with van der Waals surface area (Å²) in [5, 5.41) is 2.96. The predicted molar refractivity (Wildman–Crippen MR) is 80.6 cm³/mol. The van der Waals surface area contributed by atoms with Crippen molar-refractivity contribution in [3.8, 4) is 0 Å². The number of nitrogens with one attached hydrogen (secondary N) is 1. The summed E-state index contributed by atoms with van der Waals surface area (Å²) in [6, 6.07) is 8.12. The largest absolute Gasteiger partial charge is 0.381 e. The van der Waals surface area contributed by atoms with Gasteiger partial charge in [-0.15, -0.1) is 0 Å². The average molecular weight is 276 g/mol. The van der Waals surface area contributed by atoms with Gasteiger partial charge in [0.05, 0.1) is 12.5 Å². The minimum atomic E-state index is 0.00495. The van der Waals surface area contributed by atoms with E-state index in [0.29, 0.717) is 13.2 Å². The molecule has 1 aliphatic heterocycles. The van der Waals surface area contributed by atoms with Gasteiger partial charge in [0.25, 0.3) is 0 Å². The minimum Gasteiger partial charge on any atom is -0.381 e. The second kappa shape index (κ2) is 7.41. The first-order valence-electron chi connectivity index (χ1n) is 7.42. The summed E-state index contributed by atoms with van der Waals surface area (Å²) < 4.78 is 5.24. The normalized spacial score (nSPS) is 18.4. The van der Waals surface area contributed by atoms with Gasteiger partial charge in [-0.2, -0.15) is 0 Å². The van der Waals surface area contributed by atoms with Gasteiger partial charge in [-0.1, -0.05) is 26.0 Å². The number of benzene rings is 1. The molecule has 0 bridgehead atoms. The Morgan fingerprint density at radius 2 is 2.00 bits per heavy atom. The summed E-state index contributed by atoms with van der Waals surface area (Å²) in [6.45, 7) is 8.64. The van der Waals surface area contributed by atoms with Crippen LogP contribution in [-0.2, 0) is 16.1 Å². The van der Waals surface area contributed by atoms with Crippen LogP contribution in [0.25, 0.3) is 0 Å². The second-order valence-corrected chi connectivity index (χ2v) is 5.21. The summed E-state index contributed by atoms with van der Waals surface area (Å²) >= 11 is 0. The maximum Gasteiger partial charge on any atom is 0.229 e. The Kier molecular flexibility index (Phi) is 5.56. The van der Waals surface area contributed by atoms with Gasteiger partial charge in [-0.25, -0.2) is 0 Å². The number of hydrogen-bond acceptors (Lipinski definition) is 3. The van der Waals surface area contributed by atoms with E-state index in [4.69, 9.17) is 4.74 Å². The zero-order valence-corrected chi connectivity index (χ0v) is 12.4. The average Bonchev–Trinajstić information content (AvgIpc) is 3.01. The molecule has 0 radical (unpaired) electrons. The predicted octanol–water partition coefficient (Wildman–Crippen LogP) is 2.50. The monoisotopic (exact) mass is 276 g/mol. The summed E-state index contributed by atoms with van der Waals surface area (Å²) in [5.74, 6) is 0.0735. The Bertz CT molecular complexity index is 421. The number of carbonyl (C=O) groups is 1. The highest BCUT2D eigenvalue weighted by Crippen LogP contribution is 2.17. The fraction of sp³-hybridized carbons (Fsp3) is 0.562. The molecule has 1 aromatic rings. The fourth-order valence-corrected chi connectivity index (χ4v) is 2.38. The lowest BCUT2D eigenvalue weighted by Gasteiger charge is -2.18. The molecule has 0 aliphatic carbocycles. The van der Waals surface area contributed by atoms with E-state index in [1.807, 2.05) is 12.1 Å². The lowest BCUT2D eigenvalue weighted by atomic mass is 10.1. The van der Waals surface area contributed by atoms with Crippen LogP contribution in [0.5, 0.6) is 0 Å². The van der Waals surface area contributed by atoms with Crippen LogP contribution < -0.4 is 5.32 Å². The van der Waals surface area contributed by atoms with Crippen molar-refractivity contribution >= 4 is 11.6 Å². The molecule has 0 unspecified atom stereocenters. The molecule has 0 aromatic heterocycles. The van der Waals surface area contributed by atoms with E-state index in [0.717, 1.165) is 31.7 Å². The van der Waals surface area contributed by atoms with Gasteiger partial charge in [0.15, 0.2) is 0 Å². The van der Waals surface area contributed by atoms with Crippen molar-refractivity contribution in [1.29, 1.82) is 0 Å². The van der Waals surface area contributed by atoms with Crippen molar-refractivity contribution < 1.29 is 9.53 Å². The van der Waals surface area contributed by atoms with E-state index in [1.165, 1.54) is 5.56 Å². The van der Waals surface area contributed by atoms with Crippen molar-refractivity contribution in [2.24, 2.45) is 5.92 Å².